The molecule has 0 aliphatic rings. The maximum atomic E-state index is 13.3. The van der Waals surface area contributed by atoms with E-state index in [1.165, 1.54) is 0 Å². The minimum atomic E-state index is -4.80. The predicted octanol–water partition coefficient (Wildman–Crippen LogP) is 2.40. The number of rotatable bonds is 3. The summed E-state index contributed by atoms with van der Waals surface area (Å²) in [5.74, 6) is -3.10. The Bertz CT molecular complexity index is 468. The first kappa shape index (κ1) is 14.1. The normalized spacial score (nSPS) is 12.9. The van der Waals surface area contributed by atoms with Crippen LogP contribution in [0.2, 0.25) is 0 Å². The van der Waals surface area contributed by atoms with Crippen molar-refractivity contribution in [3.05, 3.63) is 35.4 Å². The number of carbonyl (C=O) groups is 2. The molecular weight excluding hydrogens is 256 g/mol. The zero-order chi connectivity index (χ0) is 13.9. The van der Waals surface area contributed by atoms with E-state index in [4.69, 9.17) is 0 Å². The fourth-order valence-corrected chi connectivity index (χ4v) is 1.29. The van der Waals surface area contributed by atoms with Crippen molar-refractivity contribution < 1.29 is 31.9 Å². The molecule has 1 rings (SSSR count). The molecule has 0 saturated carbocycles. The van der Waals surface area contributed by atoms with Crippen LogP contribution in [-0.2, 0) is 15.7 Å². The molecule has 18 heavy (non-hydrogen) atoms. The third-order valence-corrected chi connectivity index (χ3v) is 2.14. The van der Waals surface area contributed by atoms with Gasteiger partial charge in [0, 0.05) is 5.56 Å². The first-order valence-electron chi connectivity index (χ1n) is 4.71. The summed E-state index contributed by atoms with van der Waals surface area (Å²) in [6, 6.07) is 3.65. The summed E-state index contributed by atoms with van der Waals surface area (Å²) in [6.45, 7) is 0. The maximum absolute atomic E-state index is 13.3. The van der Waals surface area contributed by atoms with Crippen LogP contribution >= 0.6 is 0 Å². The smallest absolute Gasteiger partial charge is 0.417 e. The molecule has 0 aromatic heterocycles. The molecule has 0 aliphatic heterocycles. The van der Waals surface area contributed by atoms with E-state index < -0.39 is 35.2 Å². The highest BCUT2D eigenvalue weighted by atomic mass is 19.4. The van der Waals surface area contributed by atoms with E-state index in [1.54, 1.807) is 0 Å². The average molecular weight is 264 g/mol. The van der Waals surface area contributed by atoms with Crippen molar-refractivity contribution in [2.75, 3.05) is 7.11 Å². The van der Waals surface area contributed by atoms with Gasteiger partial charge < -0.3 is 4.74 Å². The highest BCUT2D eigenvalue weighted by Crippen LogP contribution is 2.32. The number of methoxy groups -OCH3 is 1. The molecule has 3 nitrogen and oxygen atoms in total. The minimum Gasteiger partial charge on any atom is -0.467 e. The van der Waals surface area contributed by atoms with E-state index in [2.05, 4.69) is 4.74 Å². The van der Waals surface area contributed by atoms with Crippen LogP contribution in [0.25, 0.3) is 0 Å². The van der Waals surface area contributed by atoms with Gasteiger partial charge in [0.05, 0.1) is 12.7 Å². The molecule has 0 N–H and O–H groups in total. The molecule has 0 spiro atoms. The van der Waals surface area contributed by atoms with E-state index >= 15 is 0 Å². The van der Waals surface area contributed by atoms with Crippen molar-refractivity contribution in [2.45, 2.75) is 12.3 Å². The van der Waals surface area contributed by atoms with Gasteiger partial charge in [0.1, 0.15) is 0 Å². The molecular formula is C11H8F4O3. The molecule has 0 saturated heterocycles. The molecule has 7 heteroatoms. The summed E-state index contributed by atoms with van der Waals surface area (Å²) in [4.78, 5) is 22.2. The molecule has 0 aliphatic carbocycles. The first-order chi connectivity index (χ1) is 8.29. The average Bonchev–Trinajstić information content (AvgIpc) is 2.35. The van der Waals surface area contributed by atoms with Gasteiger partial charge in [-0.1, -0.05) is 18.2 Å². The molecule has 0 radical (unpaired) electrons. The number of benzene rings is 1. The molecule has 1 aromatic carbocycles. The Morgan fingerprint density at radius 1 is 1.22 bits per heavy atom. The van der Waals surface area contributed by atoms with Gasteiger partial charge in [0.25, 0.3) is 6.17 Å². The number of carbonyl (C=O) groups excluding carboxylic acids is 2. The number of esters is 1. The number of Topliss-reactive ketones (excluding diaryl/α,β-unsaturated/α-hetero) is 1. The van der Waals surface area contributed by atoms with Crippen molar-refractivity contribution in [3.63, 3.8) is 0 Å². The van der Waals surface area contributed by atoms with Gasteiger partial charge in [-0.15, -0.1) is 0 Å². The van der Waals surface area contributed by atoms with E-state index in [0.29, 0.717) is 6.07 Å². The second-order valence-corrected chi connectivity index (χ2v) is 3.29. The summed E-state index contributed by atoms with van der Waals surface area (Å²) < 4.78 is 54.9. The molecule has 98 valence electrons. The van der Waals surface area contributed by atoms with Crippen LogP contribution in [0.3, 0.4) is 0 Å². The van der Waals surface area contributed by atoms with Crippen LogP contribution < -0.4 is 0 Å². The van der Waals surface area contributed by atoms with Crippen molar-refractivity contribution in [1.29, 1.82) is 0 Å². The molecule has 0 amide bonds. The molecule has 0 fully saturated rings. The molecule has 1 atom stereocenters. The van der Waals surface area contributed by atoms with Crippen LogP contribution in [0.5, 0.6) is 0 Å². The molecule has 0 bridgehead atoms. The number of halogens is 4. The third kappa shape index (κ3) is 2.85. The van der Waals surface area contributed by atoms with Gasteiger partial charge in [-0.05, 0) is 6.07 Å². The summed E-state index contributed by atoms with van der Waals surface area (Å²) >= 11 is 0. The Morgan fingerprint density at radius 3 is 2.28 bits per heavy atom. The largest absolute Gasteiger partial charge is 0.467 e. The van der Waals surface area contributed by atoms with Gasteiger partial charge in [-0.3, -0.25) is 4.79 Å². The second-order valence-electron chi connectivity index (χ2n) is 3.29. The zero-order valence-electron chi connectivity index (χ0n) is 9.12. The van der Waals surface area contributed by atoms with Gasteiger partial charge in [0.15, 0.2) is 0 Å². The number of ketones is 1. The Hall–Kier alpha value is -1.92. The van der Waals surface area contributed by atoms with Crippen LogP contribution in [0.4, 0.5) is 17.6 Å². The Labute approximate surface area is 99.4 Å². The molecule has 0 heterocycles. The molecule has 1 aromatic rings. The lowest BCUT2D eigenvalue weighted by Crippen LogP contribution is -2.28. The highest BCUT2D eigenvalue weighted by Gasteiger charge is 2.38. The Balaban J connectivity index is 3.18. The third-order valence-electron chi connectivity index (χ3n) is 2.14. The quantitative estimate of drug-likeness (QED) is 0.364. The highest BCUT2D eigenvalue weighted by molar-refractivity contribution is 6.11. The van der Waals surface area contributed by atoms with Gasteiger partial charge in [-0.25, -0.2) is 9.18 Å². The lowest BCUT2D eigenvalue weighted by Gasteiger charge is -2.12. The van der Waals surface area contributed by atoms with Gasteiger partial charge in [-0.2, -0.15) is 13.2 Å². The zero-order valence-corrected chi connectivity index (χ0v) is 9.12. The van der Waals surface area contributed by atoms with Crippen LogP contribution in [-0.4, -0.2) is 25.0 Å². The SMILES string of the molecule is COC(=O)C(F)C(=O)c1ccccc1C(F)(F)F. The Morgan fingerprint density at radius 2 is 1.78 bits per heavy atom. The van der Waals surface area contributed by atoms with Crippen LogP contribution in [0, 0.1) is 0 Å². The summed E-state index contributed by atoms with van der Waals surface area (Å²) in [6.07, 6.45) is -7.57. The van der Waals surface area contributed by atoms with Crippen molar-refractivity contribution >= 4 is 11.8 Å². The van der Waals surface area contributed by atoms with E-state index in [0.717, 1.165) is 25.3 Å². The van der Waals surface area contributed by atoms with E-state index in [9.17, 15) is 27.2 Å². The van der Waals surface area contributed by atoms with Crippen molar-refractivity contribution in [3.8, 4) is 0 Å². The fraction of sp³-hybridized carbons (Fsp3) is 0.273. The Kier molecular flexibility index (Phi) is 4.05. The second kappa shape index (κ2) is 5.16. The van der Waals surface area contributed by atoms with E-state index in [-0.39, 0.29) is 0 Å². The van der Waals surface area contributed by atoms with Crippen molar-refractivity contribution in [1.82, 2.24) is 0 Å². The van der Waals surface area contributed by atoms with Gasteiger partial charge >= 0.3 is 12.1 Å². The summed E-state index contributed by atoms with van der Waals surface area (Å²) in [5, 5.41) is 0. The minimum absolute atomic E-state index is 0.636. The number of hydrogen-bond acceptors (Lipinski definition) is 3. The maximum Gasteiger partial charge on any atom is 0.417 e. The summed E-state index contributed by atoms with van der Waals surface area (Å²) in [5.41, 5.74) is -2.19. The number of ether oxygens (including phenoxy) is 1. The van der Waals surface area contributed by atoms with Crippen LogP contribution in [0.15, 0.2) is 24.3 Å². The van der Waals surface area contributed by atoms with Gasteiger partial charge in [0.2, 0.25) is 5.78 Å². The lowest BCUT2D eigenvalue weighted by molar-refractivity contribution is -0.145. The number of alkyl halides is 4. The van der Waals surface area contributed by atoms with Crippen LogP contribution in [0.1, 0.15) is 15.9 Å². The molecule has 1 unspecified atom stereocenters. The summed E-state index contributed by atoms with van der Waals surface area (Å²) in [7, 11) is 0.831. The van der Waals surface area contributed by atoms with Crippen molar-refractivity contribution in [2.24, 2.45) is 0 Å². The topological polar surface area (TPSA) is 43.4 Å². The fourth-order valence-electron chi connectivity index (χ4n) is 1.29. The first-order valence-corrected chi connectivity index (χ1v) is 4.71. The standard InChI is InChI=1S/C11H8F4O3/c1-18-10(17)8(12)9(16)6-4-2-3-5-7(6)11(13,14)15/h2-5,8H,1H3. The van der Waals surface area contributed by atoms with E-state index in [1.807, 2.05) is 0 Å². The number of hydrogen-bond donors (Lipinski definition) is 0. The predicted molar refractivity (Wildman–Crippen MR) is 52.7 cm³/mol. The monoisotopic (exact) mass is 264 g/mol. The lowest BCUT2D eigenvalue weighted by atomic mass is 10.0.